The molecule has 4 heteroatoms. The largest absolute Gasteiger partial charge is 0.396 e. The van der Waals surface area contributed by atoms with Crippen LogP contribution in [0.25, 0.3) is 0 Å². The van der Waals surface area contributed by atoms with Gasteiger partial charge in [0.1, 0.15) is 0 Å². The van der Waals surface area contributed by atoms with Crippen LogP contribution in [0.4, 0.5) is 10.1 Å². The van der Waals surface area contributed by atoms with Crippen molar-refractivity contribution in [1.82, 2.24) is 9.80 Å². The summed E-state index contributed by atoms with van der Waals surface area (Å²) in [5, 5.41) is 0. The van der Waals surface area contributed by atoms with Crippen LogP contribution in [0, 0.1) is 5.82 Å². The topological polar surface area (TPSA) is 32.5 Å². The number of hydrogen-bond acceptors (Lipinski definition) is 3. The van der Waals surface area contributed by atoms with E-state index in [1.54, 1.807) is 6.07 Å². The molecule has 0 spiro atoms. The molecule has 2 rings (SSSR count). The molecule has 1 aliphatic rings. The molecular weight excluding hydrogens is 229 g/mol. The number of nitrogen functional groups attached to an aromatic ring is 1. The van der Waals surface area contributed by atoms with Crippen molar-refractivity contribution < 1.29 is 4.39 Å². The molecule has 1 atom stereocenters. The molecule has 0 saturated carbocycles. The molecule has 2 N–H and O–H groups in total. The lowest BCUT2D eigenvalue weighted by Crippen LogP contribution is -2.44. The number of nitrogens with two attached hydrogens (primary N) is 1. The number of halogens is 1. The molecule has 0 radical (unpaired) electrons. The number of rotatable bonds is 3. The molecule has 0 bridgehead atoms. The number of nitrogens with zero attached hydrogens (tertiary/aromatic N) is 2. The van der Waals surface area contributed by atoms with Gasteiger partial charge in [0, 0.05) is 24.7 Å². The van der Waals surface area contributed by atoms with Gasteiger partial charge >= 0.3 is 0 Å². The van der Waals surface area contributed by atoms with Crippen LogP contribution in [-0.4, -0.2) is 43.0 Å². The number of likely N-dealkylation sites (tertiary alicyclic amines) is 1. The highest BCUT2D eigenvalue weighted by molar-refractivity contribution is 5.42. The molecule has 0 aliphatic carbocycles. The van der Waals surface area contributed by atoms with Crippen LogP contribution in [0.1, 0.15) is 18.4 Å². The zero-order valence-electron chi connectivity index (χ0n) is 11.2. The summed E-state index contributed by atoms with van der Waals surface area (Å²) in [5.41, 5.74) is 6.55. The Kier molecular flexibility index (Phi) is 4.19. The fourth-order valence-corrected chi connectivity index (χ4v) is 2.56. The maximum atomic E-state index is 13.9. The molecule has 1 saturated heterocycles. The molecule has 18 heavy (non-hydrogen) atoms. The highest BCUT2D eigenvalue weighted by atomic mass is 19.1. The first-order valence-corrected chi connectivity index (χ1v) is 6.49. The molecule has 3 nitrogen and oxygen atoms in total. The lowest BCUT2D eigenvalue weighted by atomic mass is 10.0. The minimum absolute atomic E-state index is 0.244. The number of anilines is 1. The van der Waals surface area contributed by atoms with E-state index in [2.05, 4.69) is 23.9 Å². The SMILES string of the molecule is CN(C)C1CCCN(Cc2cccc(N)c2F)C1. The third-order valence-corrected chi connectivity index (χ3v) is 3.71. The fraction of sp³-hybridized carbons (Fsp3) is 0.571. The molecule has 100 valence electrons. The Morgan fingerprint density at radius 2 is 2.22 bits per heavy atom. The maximum absolute atomic E-state index is 13.9. The van der Waals surface area contributed by atoms with Crippen molar-refractivity contribution in [1.29, 1.82) is 0 Å². The third kappa shape index (κ3) is 3.00. The van der Waals surface area contributed by atoms with Crippen molar-refractivity contribution in [2.75, 3.05) is 32.9 Å². The zero-order chi connectivity index (χ0) is 13.1. The second-order valence-corrected chi connectivity index (χ2v) is 5.32. The van der Waals surface area contributed by atoms with E-state index in [1.165, 1.54) is 12.8 Å². The van der Waals surface area contributed by atoms with Gasteiger partial charge in [0.15, 0.2) is 5.82 Å². The van der Waals surface area contributed by atoms with Crippen LogP contribution < -0.4 is 5.73 Å². The fourth-order valence-electron chi connectivity index (χ4n) is 2.56. The van der Waals surface area contributed by atoms with E-state index >= 15 is 0 Å². The van der Waals surface area contributed by atoms with Gasteiger partial charge in [-0.1, -0.05) is 12.1 Å². The number of hydrogen-bond donors (Lipinski definition) is 1. The van der Waals surface area contributed by atoms with E-state index in [0.717, 1.165) is 13.1 Å². The van der Waals surface area contributed by atoms with E-state index in [0.29, 0.717) is 18.2 Å². The number of piperidine rings is 1. The Balaban J connectivity index is 2.03. The lowest BCUT2D eigenvalue weighted by molar-refractivity contribution is 0.127. The summed E-state index contributed by atoms with van der Waals surface area (Å²) in [6.07, 6.45) is 2.40. The zero-order valence-corrected chi connectivity index (χ0v) is 11.2. The van der Waals surface area contributed by atoms with Crippen LogP contribution in [-0.2, 0) is 6.54 Å². The molecule has 1 aliphatic heterocycles. The first kappa shape index (κ1) is 13.3. The van der Waals surface area contributed by atoms with Crippen molar-refractivity contribution in [3.05, 3.63) is 29.6 Å². The monoisotopic (exact) mass is 251 g/mol. The van der Waals surface area contributed by atoms with Gasteiger partial charge in [-0.2, -0.15) is 0 Å². The quantitative estimate of drug-likeness (QED) is 0.833. The van der Waals surface area contributed by atoms with Gasteiger partial charge in [0.25, 0.3) is 0 Å². The predicted octanol–water partition coefficient (Wildman–Crippen LogP) is 1.93. The summed E-state index contributed by atoms with van der Waals surface area (Å²) in [6, 6.07) is 5.83. The third-order valence-electron chi connectivity index (χ3n) is 3.71. The van der Waals surface area contributed by atoms with Gasteiger partial charge in [0.05, 0.1) is 5.69 Å². The van der Waals surface area contributed by atoms with Crippen LogP contribution >= 0.6 is 0 Å². The Morgan fingerprint density at radius 1 is 1.44 bits per heavy atom. The summed E-state index contributed by atoms with van der Waals surface area (Å²) >= 11 is 0. The summed E-state index contributed by atoms with van der Waals surface area (Å²) in [6.45, 7) is 2.70. The minimum atomic E-state index is -0.260. The Morgan fingerprint density at radius 3 is 2.94 bits per heavy atom. The number of benzene rings is 1. The average molecular weight is 251 g/mol. The molecule has 1 fully saturated rings. The molecule has 1 heterocycles. The van der Waals surface area contributed by atoms with Crippen molar-refractivity contribution in [2.45, 2.75) is 25.4 Å². The first-order chi connectivity index (χ1) is 8.58. The van der Waals surface area contributed by atoms with Gasteiger partial charge in [-0.15, -0.1) is 0 Å². The highest BCUT2D eigenvalue weighted by Gasteiger charge is 2.22. The lowest BCUT2D eigenvalue weighted by Gasteiger charge is -2.36. The van der Waals surface area contributed by atoms with Gasteiger partial charge in [-0.25, -0.2) is 4.39 Å². The van der Waals surface area contributed by atoms with E-state index in [-0.39, 0.29) is 11.5 Å². The van der Waals surface area contributed by atoms with Gasteiger partial charge in [0.2, 0.25) is 0 Å². The molecule has 1 unspecified atom stereocenters. The van der Waals surface area contributed by atoms with Crippen molar-refractivity contribution >= 4 is 5.69 Å². The highest BCUT2D eigenvalue weighted by Crippen LogP contribution is 2.20. The summed E-state index contributed by atoms with van der Waals surface area (Å²) in [5.74, 6) is -0.260. The van der Waals surface area contributed by atoms with Crippen LogP contribution in [0.2, 0.25) is 0 Å². The van der Waals surface area contributed by atoms with E-state index in [9.17, 15) is 4.39 Å². The van der Waals surface area contributed by atoms with Gasteiger partial charge in [-0.3, -0.25) is 4.90 Å². The van der Waals surface area contributed by atoms with E-state index < -0.39 is 0 Å². The van der Waals surface area contributed by atoms with Crippen LogP contribution in [0.15, 0.2) is 18.2 Å². The van der Waals surface area contributed by atoms with E-state index in [1.807, 2.05) is 12.1 Å². The number of likely N-dealkylation sites (N-methyl/N-ethyl adjacent to an activating group) is 1. The Bertz CT molecular complexity index is 406. The summed E-state index contributed by atoms with van der Waals surface area (Å²) in [7, 11) is 4.21. The predicted molar refractivity (Wildman–Crippen MR) is 72.8 cm³/mol. The molecule has 1 aromatic rings. The van der Waals surface area contributed by atoms with E-state index in [4.69, 9.17) is 5.73 Å². The van der Waals surface area contributed by atoms with Crippen molar-refractivity contribution in [3.8, 4) is 0 Å². The first-order valence-electron chi connectivity index (χ1n) is 6.49. The van der Waals surface area contributed by atoms with Gasteiger partial charge in [-0.05, 0) is 39.5 Å². The molecule has 0 amide bonds. The Hall–Kier alpha value is -1.13. The summed E-state index contributed by atoms with van der Waals surface area (Å²) < 4.78 is 13.9. The minimum Gasteiger partial charge on any atom is -0.396 e. The second kappa shape index (κ2) is 5.67. The van der Waals surface area contributed by atoms with Crippen molar-refractivity contribution in [3.63, 3.8) is 0 Å². The standard InChI is InChI=1S/C14H22FN3/c1-17(2)12-6-4-8-18(10-12)9-11-5-3-7-13(16)14(11)15/h3,5,7,12H,4,6,8-10,16H2,1-2H3. The average Bonchev–Trinajstić information content (AvgIpc) is 2.35. The summed E-state index contributed by atoms with van der Waals surface area (Å²) in [4.78, 5) is 4.56. The smallest absolute Gasteiger partial charge is 0.150 e. The Labute approximate surface area is 108 Å². The normalized spacial score (nSPS) is 21.4. The van der Waals surface area contributed by atoms with Gasteiger partial charge < -0.3 is 10.6 Å². The van der Waals surface area contributed by atoms with Crippen molar-refractivity contribution in [2.24, 2.45) is 0 Å². The molecule has 0 aromatic heterocycles. The molecule has 1 aromatic carbocycles. The maximum Gasteiger partial charge on any atom is 0.150 e. The van der Waals surface area contributed by atoms with Crippen LogP contribution in [0.5, 0.6) is 0 Å². The van der Waals surface area contributed by atoms with Crippen LogP contribution in [0.3, 0.4) is 0 Å². The molecular formula is C14H22FN3. The second-order valence-electron chi connectivity index (χ2n) is 5.32.